The predicted octanol–water partition coefficient (Wildman–Crippen LogP) is 5.46. The number of methoxy groups -OCH3 is 1. The second-order valence-corrected chi connectivity index (χ2v) is 11.4. The number of hydrogen-bond acceptors (Lipinski definition) is 7. The second kappa shape index (κ2) is 12.3. The van der Waals surface area contributed by atoms with E-state index in [4.69, 9.17) is 14.2 Å². The summed E-state index contributed by atoms with van der Waals surface area (Å²) in [6, 6.07) is 20.5. The highest BCUT2D eigenvalue weighted by Crippen LogP contribution is 2.33. The normalized spacial score (nSPS) is 14.9. The summed E-state index contributed by atoms with van der Waals surface area (Å²) in [4.78, 5) is 32.4. The van der Waals surface area contributed by atoms with Crippen LogP contribution in [-0.4, -0.2) is 24.3 Å². The summed E-state index contributed by atoms with van der Waals surface area (Å²) >= 11 is 4.73. The van der Waals surface area contributed by atoms with Crippen molar-refractivity contribution in [3.63, 3.8) is 0 Å². The molecule has 4 aromatic rings. The number of nitrogens with zero attached hydrogens (tertiary/aromatic N) is 2. The molecule has 1 aromatic heterocycles. The molecule has 0 fully saturated rings. The molecule has 1 atom stereocenters. The van der Waals surface area contributed by atoms with Crippen LogP contribution in [0.1, 0.15) is 42.1 Å². The first-order chi connectivity index (χ1) is 19.8. The Labute approximate surface area is 250 Å². The molecule has 210 valence electrons. The number of halogens is 1. The van der Waals surface area contributed by atoms with E-state index in [-0.39, 0.29) is 12.2 Å². The quantitative estimate of drug-likeness (QED) is 0.241. The van der Waals surface area contributed by atoms with Crippen molar-refractivity contribution in [2.24, 2.45) is 4.99 Å². The molecule has 9 heteroatoms. The summed E-state index contributed by atoms with van der Waals surface area (Å²) in [5.41, 5.74) is 4.06. The monoisotopic (exact) mass is 632 g/mol. The lowest BCUT2D eigenvalue weighted by molar-refractivity contribution is -0.139. The first kappa shape index (κ1) is 28.6. The van der Waals surface area contributed by atoms with Gasteiger partial charge in [0.05, 0.1) is 35.6 Å². The van der Waals surface area contributed by atoms with E-state index in [1.54, 1.807) is 25.5 Å². The number of para-hydroxylation sites is 1. The van der Waals surface area contributed by atoms with Crippen molar-refractivity contribution in [3.05, 3.63) is 124 Å². The Hall–Kier alpha value is -3.95. The SMILES string of the molecule is CCOC(=O)C1=C(C)N=c2s/c(=C/c3ccccc3OCc3ccc(Br)cc3)c(=O)n2[C@H]1c1ccc(C)c(OC)c1. The molecule has 0 N–H and O–H groups in total. The van der Waals surface area contributed by atoms with Gasteiger partial charge in [0.15, 0.2) is 4.80 Å². The number of carbonyl (C=O) groups excluding carboxylic acids is 1. The van der Waals surface area contributed by atoms with Crippen molar-refractivity contribution in [3.8, 4) is 11.5 Å². The lowest BCUT2D eigenvalue weighted by Crippen LogP contribution is -2.40. The van der Waals surface area contributed by atoms with E-state index in [9.17, 15) is 9.59 Å². The number of hydrogen-bond donors (Lipinski definition) is 0. The van der Waals surface area contributed by atoms with Crippen molar-refractivity contribution in [2.45, 2.75) is 33.4 Å². The number of fused-ring (bicyclic) bond motifs is 1. The molecule has 2 heterocycles. The molecule has 0 radical (unpaired) electrons. The maximum absolute atomic E-state index is 14.0. The molecular weight excluding hydrogens is 604 g/mol. The maximum Gasteiger partial charge on any atom is 0.338 e. The molecule has 1 aliphatic rings. The van der Waals surface area contributed by atoms with E-state index < -0.39 is 12.0 Å². The third-order valence-electron chi connectivity index (χ3n) is 6.78. The van der Waals surface area contributed by atoms with E-state index in [0.29, 0.717) is 38.7 Å². The highest BCUT2D eigenvalue weighted by Gasteiger charge is 2.33. The molecule has 0 saturated carbocycles. The summed E-state index contributed by atoms with van der Waals surface area (Å²) in [5.74, 6) is 0.822. The van der Waals surface area contributed by atoms with Gasteiger partial charge in [-0.2, -0.15) is 0 Å². The number of rotatable bonds is 8. The smallest absolute Gasteiger partial charge is 0.338 e. The molecule has 1 aliphatic heterocycles. The van der Waals surface area contributed by atoms with Crippen molar-refractivity contribution in [2.75, 3.05) is 13.7 Å². The molecular formula is C32H29BrN2O5S. The highest BCUT2D eigenvalue weighted by atomic mass is 79.9. The molecule has 7 nitrogen and oxygen atoms in total. The van der Waals surface area contributed by atoms with Crippen LogP contribution < -0.4 is 24.4 Å². The van der Waals surface area contributed by atoms with E-state index in [2.05, 4.69) is 20.9 Å². The summed E-state index contributed by atoms with van der Waals surface area (Å²) < 4.78 is 20.2. The van der Waals surface area contributed by atoms with Crippen molar-refractivity contribution in [1.29, 1.82) is 0 Å². The molecule has 0 unspecified atom stereocenters. The van der Waals surface area contributed by atoms with Gasteiger partial charge in [-0.1, -0.05) is 69.7 Å². The van der Waals surface area contributed by atoms with Gasteiger partial charge in [-0.05, 0) is 67.8 Å². The summed E-state index contributed by atoms with van der Waals surface area (Å²) in [5, 5.41) is 0. The third-order valence-corrected chi connectivity index (χ3v) is 8.29. The largest absolute Gasteiger partial charge is 0.496 e. The minimum absolute atomic E-state index is 0.209. The van der Waals surface area contributed by atoms with Gasteiger partial charge in [0.25, 0.3) is 5.56 Å². The lowest BCUT2D eigenvalue weighted by Gasteiger charge is -2.25. The van der Waals surface area contributed by atoms with Crippen LogP contribution in [0.5, 0.6) is 11.5 Å². The fraction of sp³-hybridized carbons (Fsp3) is 0.219. The Morgan fingerprint density at radius 2 is 1.83 bits per heavy atom. The Balaban J connectivity index is 1.61. The van der Waals surface area contributed by atoms with E-state index in [1.165, 1.54) is 11.3 Å². The minimum atomic E-state index is -0.717. The van der Waals surface area contributed by atoms with Crippen molar-refractivity contribution in [1.82, 2.24) is 4.57 Å². The summed E-state index contributed by atoms with van der Waals surface area (Å²) in [6.45, 7) is 6.06. The average molecular weight is 634 g/mol. The fourth-order valence-electron chi connectivity index (χ4n) is 4.73. The van der Waals surface area contributed by atoms with E-state index >= 15 is 0 Å². The first-order valence-electron chi connectivity index (χ1n) is 13.1. The van der Waals surface area contributed by atoms with E-state index in [0.717, 1.165) is 26.7 Å². The lowest BCUT2D eigenvalue weighted by atomic mass is 9.95. The number of allylic oxidation sites excluding steroid dienone is 1. The summed E-state index contributed by atoms with van der Waals surface area (Å²) in [6.07, 6.45) is 1.82. The van der Waals surface area contributed by atoms with Crippen LogP contribution >= 0.6 is 27.3 Å². The van der Waals surface area contributed by atoms with Gasteiger partial charge >= 0.3 is 5.97 Å². The molecule has 0 amide bonds. The van der Waals surface area contributed by atoms with Gasteiger partial charge in [-0.15, -0.1) is 0 Å². The number of benzene rings is 3. The van der Waals surface area contributed by atoms with Crippen LogP contribution in [0.2, 0.25) is 0 Å². The van der Waals surface area contributed by atoms with Crippen LogP contribution in [0.3, 0.4) is 0 Å². The first-order valence-corrected chi connectivity index (χ1v) is 14.7. The van der Waals surface area contributed by atoms with Crippen LogP contribution in [0, 0.1) is 6.92 Å². The van der Waals surface area contributed by atoms with Gasteiger partial charge in [-0.25, -0.2) is 9.79 Å². The minimum Gasteiger partial charge on any atom is -0.496 e. The average Bonchev–Trinajstić information content (AvgIpc) is 3.27. The molecule has 3 aromatic carbocycles. The van der Waals surface area contributed by atoms with Gasteiger partial charge in [0, 0.05) is 10.0 Å². The highest BCUT2D eigenvalue weighted by molar-refractivity contribution is 9.10. The number of ether oxygens (including phenoxy) is 3. The Morgan fingerprint density at radius 1 is 1.07 bits per heavy atom. The van der Waals surface area contributed by atoms with Gasteiger partial charge in [0.1, 0.15) is 18.1 Å². The van der Waals surface area contributed by atoms with Crippen LogP contribution in [0.4, 0.5) is 0 Å². The Bertz CT molecular complexity index is 1820. The molecule has 0 bridgehead atoms. The maximum atomic E-state index is 14.0. The van der Waals surface area contributed by atoms with Gasteiger partial charge in [0.2, 0.25) is 0 Å². The topological polar surface area (TPSA) is 79.1 Å². The van der Waals surface area contributed by atoms with Crippen molar-refractivity contribution >= 4 is 39.3 Å². The predicted molar refractivity (Wildman–Crippen MR) is 163 cm³/mol. The number of aromatic nitrogens is 1. The van der Waals surface area contributed by atoms with Crippen LogP contribution in [0.25, 0.3) is 6.08 Å². The Morgan fingerprint density at radius 3 is 2.56 bits per heavy atom. The zero-order valence-corrected chi connectivity index (χ0v) is 25.5. The van der Waals surface area contributed by atoms with Gasteiger partial charge in [-0.3, -0.25) is 9.36 Å². The van der Waals surface area contributed by atoms with Gasteiger partial charge < -0.3 is 14.2 Å². The number of thiazole rings is 1. The molecule has 0 spiro atoms. The molecule has 5 rings (SSSR count). The fourth-order valence-corrected chi connectivity index (χ4v) is 6.03. The number of aryl methyl sites for hydroxylation is 1. The third kappa shape index (κ3) is 5.92. The Kier molecular flexibility index (Phi) is 8.56. The van der Waals surface area contributed by atoms with Crippen LogP contribution in [-0.2, 0) is 16.1 Å². The summed E-state index contributed by atoms with van der Waals surface area (Å²) in [7, 11) is 1.60. The number of esters is 1. The zero-order chi connectivity index (χ0) is 29.1. The molecule has 0 saturated heterocycles. The standard InChI is InChI=1S/C32H29BrN2O5S/c1-5-39-31(37)28-20(3)34-32-35(29(28)23-13-10-19(2)26(16-23)38-4)30(36)27(41-32)17-22-8-6-7-9-25(22)40-18-21-11-14-24(33)15-12-21/h6-17,29H,5,18H2,1-4H3/b27-17+/t29-/m0/s1. The second-order valence-electron chi connectivity index (χ2n) is 9.48. The van der Waals surface area contributed by atoms with Crippen molar-refractivity contribution < 1.29 is 19.0 Å². The zero-order valence-electron chi connectivity index (χ0n) is 23.1. The molecule has 0 aliphatic carbocycles. The van der Waals surface area contributed by atoms with E-state index in [1.807, 2.05) is 79.7 Å². The van der Waals surface area contributed by atoms with Crippen LogP contribution in [0.15, 0.2) is 92.3 Å². The molecule has 41 heavy (non-hydrogen) atoms. The number of carbonyl (C=O) groups is 1.